The molecule has 0 saturated carbocycles. The monoisotopic (exact) mass is 342 g/mol. The third-order valence-corrected chi connectivity index (χ3v) is 3.68. The van der Waals surface area contributed by atoms with E-state index in [0.29, 0.717) is 29.4 Å². The highest BCUT2D eigenvalue weighted by molar-refractivity contribution is 6.31. The number of hydrogen-bond acceptors (Lipinski definition) is 5. The third-order valence-electron chi connectivity index (χ3n) is 3.44. The Morgan fingerprint density at radius 2 is 2.27 bits per heavy atom. The molecule has 9 heteroatoms. The summed E-state index contributed by atoms with van der Waals surface area (Å²) in [6.07, 6.45) is 1.46. The van der Waals surface area contributed by atoms with Gasteiger partial charge in [-0.05, 0) is 35.5 Å². The van der Waals surface area contributed by atoms with Gasteiger partial charge in [-0.2, -0.15) is 4.68 Å². The van der Waals surface area contributed by atoms with Crippen molar-refractivity contribution in [3.63, 3.8) is 0 Å². The fourth-order valence-corrected chi connectivity index (χ4v) is 2.61. The van der Waals surface area contributed by atoms with Gasteiger partial charge in [-0.15, -0.1) is 17.5 Å². The van der Waals surface area contributed by atoms with Gasteiger partial charge in [0.05, 0.1) is 11.3 Å². The molecule has 1 unspecified atom stereocenters. The van der Waals surface area contributed by atoms with Crippen molar-refractivity contribution < 1.29 is 4.79 Å². The maximum Gasteiger partial charge on any atom is 0.256 e. The second kappa shape index (κ2) is 7.04. The first-order valence-electron chi connectivity index (χ1n) is 6.71. The largest absolute Gasteiger partial charge is 0.336 e. The van der Waals surface area contributed by atoms with Crippen molar-refractivity contribution in [3.05, 3.63) is 35.1 Å². The smallest absolute Gasteiger partial charge is 0.256 e. The summed E-state index contributed by atoms with van der Waals surface area (Å²) in [5.74, 6) is -0.0589. The SMILES string of the molecule is CC1CN(C(=O)c2cc(Cl)ccc2-n2cnnn2)CCN1.Cl. The lowest BCUT2D eigenvalue weighted by molar-refractivity contribution is 0.0709. The number of nitrogens with one attached hydrogen (secondary N) is 1. The van der Waals surface area contributed by atoms with Crippen molar-refractivity contribution in [3.8, 4) is 5.69 Å². The first-order valence-corrected chi connectivity index (χ1v) is 7.08. The molecular weight excluding hydrogens is 327 g/mol. The summed E-state index contributed by atoms with van der Waals surface area (Å²) in [5.41, 5.74) is 1.13. The molecule has 1 N–H and O–H groups in total. The molecular formula is C13H16Cl2N6O. The second-order valence-electron chi connectivity index (χ2n) is 5.02. The van der Waals surface area contributed by atoms with Crippen LogP contribution in [0.2, 0.25) is 5.02 Å². The second-order valence-corrected chi connectivity index (χ2v) is 5.46. The molecule has 2 heterocycles. The number of carbonyl (C=O) groups excluding carboxylic acids is 1. The van der Waals surface area contributed by atoms with Crippen LogP contribution < -0.4 is 5.32 Å². The molecule has 1 amide bonds. The van der Waals surface area contributed by atoms with Gasteiger partial charge in [0.1, 0.15) is 6.33 Å². The third kappa shape index (κ3) is 3.37. The fraction of sp³-hybridized carbons (Fsp3) is 0.385. The van der Waals surface area contributed by atoms with Crippen LogP contribution in [0.25, 0.3) is 5.69 Å². The number of amides is 1. The molecule has 0 aliphatic carbocycles. The molecule has 2 aromatic rings. The Morgan fingerprint density at radius 3 is 2.95 bits per heavy atom. The first kappa shape index (κ1) is 16.7. The average Bonchev–Trinajstić information content (AvgIpc) is 3.00. The first-order chi connectivity index (χ1) is 10.1. The van der Waals surface area contributed by atoms with Gasteiger partial charge in [0.15, 0.2) is 0 Å². The summed E-state index contributed by atoms with van der Waals surface area (Å²) in [4.78, 5) is 14.6. The predicted molar refractivity (Wildman–Crippen MR) is 84.8 cm³/mol. The van der Waals surface area contributed by atoms with Gasteiger partial charge >= 0.3 is 0 Å². The van der Waals surface area contributed by atoms with Crippen molar-refractivity contribution in [2.24, 2.45) is 0 Å². The van der Waals surface area contributed by atoms with Gasteiger partial charge < -0.3 is 10.2 Å². The normalized spacial score (nSPS) is 17.9. The minimum Gasteiger partial charge on any atom is -0.336 e. The minimum absolute atomic E-state index is 0. The summed E-state index contributed by atoms with van der Waals surface area (Å²) < 4.78 is 1.47. The van der Waals surface area contributed by atoms with Crippen LogP contribution in [0.1, 0.15) is 17.3 Å². The number of nitrogens with zero attached hydrogens (tertiary/aromatic N) is 5. The van der Waals surface area contributed by atoms with E-state index in [1.807, 2.05) is 4.90 Å². The standard InChI is InChI=1S/C13H15ClN6O.ClH/c1-9-7-19(5-4-15-9)13(21)11-6-10(14)2-3-12(11)20-8-16-17-18-20;/h2-3,6,8-9,15H,4-5,7H2,1H3;1H. The van der Waals surface area contributed by atoms with Crippen molar-refractivity contribution >= 4 is 29.9 Å². The number of tetrazole rings is 1. The van der Waals surface area contributed by atoms with Crippen LogP contribution in [0.3, 0.4) is 0 Å². The lowest BCUT2D eigenvalue weighted by Crippen LogP contribution is -2.51. The molecule has 1 atom stereocenters. The zero-order chi connectivity index (χ0) is 14.8. The maximum atomic E-state index is 12.8. The van der Waals surface area contributed by atoms with E-state index in [4.69, 9.17) is 11.6 Å². The molecule has 0 bridgehead atoms. The molecule has 1 aromatic carbocycles. The van der Waals surface area contributed by atoms with Crippen LogP contribution in [-0.4, -0.2) is 56.7 Å². The highest BCUT2D eigenvalue weighted by atomic mass is 35.5. The zero-order valence-electron chi connectivity index (χ0n) is 11.9. The van der Waals surface area contributed by atoms with Crippen molar-refractivity contribution in [2.45, 2.75) is 13.0 Å². The molecule has 0 spiro atoms. The zero-order valence-corrected chi connectivity index (χ0v) is 13.5. The highest BCUT2D eigenvalue weighted by Crippen LogP contribution is 2.21. The van der Waals surface area contributed by atoms with E-state index in [1.165, 1.54) is 11.0 Å². The molecule has 1 aliphatic heterocycles. The van der Waals surface area contributed by atoms with Gasteiger partial charge in [-0.3, -0.25) is 4.79 Å². The van der Waals surface area contributed by atoms with E-state index in [-0.39, 0.29) is 24.4 Å². The molecule has 1 aromatic heterocycles. The van der Waals surface area contributed by atoms with E-state index in [2.05, 4.69) is 27.8 Å². The van der Waals surface area contributed by atoms with E-state index < -0.39 is 0 Å². The minimum atomic E-state index is -0.0589. The molecule has 22 heavy (non-hydrogen) atoms. The topological polar surface area (TPSA) is 75.9 Å². The lowest BCUT2D eigenvalue weighted by Gasteiger charge is -2.32. The molecule has 1 saturated heterocycles. The number of rotatable bonds is 2. The Bertz CT molecular complexity index is 648. The van der Waals surface area contributed by atoms with E-state index in [1.54, 1.807) is 18.2 Å². The maximum absolute atomic E-state index is 12.8. The number of hydrogen-bond donors (Lipinski definition) is 1. The number of benzene rings is 1. The van der Waals surface area contributed by atoms with Crippen molar-refractivity contribution in [1.82, 2.24) is 30.4 Å². The summed E-state index contributed by atoms with van der Waals surface area (Å²) in [7, 11) is 0. The Kier molecular flexibility index (Phi) is 5.33. The van der Waals surface area contributed by atoms with E-state index >= 15 is 0 Å². The van der Waals surface area contributed by atoms with Crippen LogP contribution in [0.5, 0.6) is 0 Å². The van der Waals surface area contributed by atoms with Gasteiger partial charge in [0.2, 0.25) is 0 Å². The van der Waals surface area contributed by atoms with Crippen LogP contribution in [0, 0.1) is 0 Å². The van der Waals surface area contributed by atoms with Crippen LogP contribution in [-0.2, 0) is 0 Å². The lowest BCUT2D eigenvalue weighted by atomic mass is 10.1. The number of piperazine rings is 1. The fourth-order valence-electron chi connectivity index (χ4n) is 2.44. The number of aromatic nitrogens is 4. The molecule has 118 valence electrons. The van der Waals surface area contributed by atoms with Crippen LogP contribution in [0.15, 0.2) is 24.5 Å². The van der Waals surface area contributed by atoms with Gasteiger partial charge in [0, 0.05) is 30.7 Å². The summed E-state index contributed by atoms with van der Waals surface area (Å²) >= 11 is 6.05. The van der Waals surface area contributed by atoms with Crippen LogP contribution in [0.4, 0.5) is 0 Å². The van der Waals surface area contributed by atoms with Gasteiger partial charge in [0.25, 0.3) is 5.91 Å². The molecule has 1 aliphatic rings. The average molecular weight is 343 g/mol. The Morgan fingerprint density at radius 1 is 1.45 bits per heavy atom. The molecule has 0 radical (unpaired) electrons. The molecule has 3 rings (SSSR count). The Balaban J connectivity index is 0.00000176. The van der Waals surface area contributed by atoms with Gasteiger partial charge in [-0.1, -0.05) is 11.6 Å². The predicted octanol–water partition coefficient (Wildman–Crippen LogP) is 1.17. The number of carbonyl (C=O) groups is 1. The van der Waals surface area contributed by atoms with Crippen molar-refractivity contribution in [2.75, 3.05) is 19.6 Å². The summed E-state index contributed by atoms with van der Waals surface area (Å²) in [6, 6.07) is 5.40. The highest BCUT2D eigenvalue weighted by Gasteiger charge is 2.24. The quantitative estimate of drug-likeness (QED) is 0.886. The Labute approximate surface area is 139 Å². The van der Waals surface area contributed by atoms with Crippen LogP contribution >= 0.6 is 24.0 Å². The van der Waals surface area contributed by atoms with E-state index in [9.17, 15) is 4.79 Å². The van der Waals surface area contributed by atoms with E-state index in [0.717, 1.165) is 6.54 Å². The van der Waals surface area contributed by atoms with Crippen molar-refractivity contribution in [1.29, 1.82) is 0 Å². The summed E-state index contributed by atoms with van der Waals surface area (Å²) in [5, 5.41) is 14.9. The number of halogens is 2. The summed E-state index contributed by atoms with van der Waals surface area (Å²) in [6.45, 7) is 4.18. The molecule has 7 nitrogen and oxygen atoms in total. The Hall–Kier alpha value is -1.70. The molecule has 1 fully saturated rings. The van der Waals surface area contributed by atoms with Gasteiger partial charge in [-0.25, -0.2) is 0 Å².